The minimum Gasteiger partial charge on any atom is -0.300 e. The van der Waals surface area contributed by atoms with Crippen molar-refractivity contribution in [1.82, 2.24) is 0 Å². The molecule has 0 aliphatic rings. The van der Waals surface area contributed by atoms with Gasteiger partial charge < -0.3 is 4.79 Å². The zero-order valence-corrected chi connectivity index (χ0v) is 16.7. The van der Waals surface area contributed by atoms with Crippen LogP contribution in [0, 0.1) is 6.92 Å². The molecule has 0 aliphatic heterocycles. The average Bonchev–Trinajstić information content (AvgIpc) is 2.64. The minimum absolute atomic E-state index is 0.0211. The first-order valence-electron chi connectivity index (χ1n) is 8.61. The maximum absolute atomic E-state index is 10.6. The standard InChI is InChI=1S/C11H12O3.C8H10O2.C3H6O/c1-9(12)2-3-10-4-6-11(7-5-10)8-14-13;1-7-2-4-8(5-3-7)6-10-9;1-3(2)4/h2-7,13H,8H2,1H3;2-5,9H,6H2,1H3;1-2H3/b3-2+;;. The van der Waals surface area contributed by atoms with E-state index in [-0.39, 0.29) is 24.8 Å². The molecule has 0 saturated carbocycles. The molecule has 6 heteroatoms. The summed E-state index contributed by atoms with van der Waals surface area (Å²) < 4.78 is 0. The Balaban J connectivity index is 0.000000454. The summed E-state index contributed by atoms with van der Waals surface area (Å²) in [5.74, 6) is 0.188. The summed E-state index contributed by atoms with van der Waals surface area (Å²) in [6, 6.07) is 15.2. The van der Waals surface area contributed by atoms with Gasteiger partial charge in [0.05, 0.1) is 0 Å². The lowest BCUT2D eigenvalue weighted by Crippen LogP contribution is -1.87. The van der Waals surface area contributed by atoms with Crippen molar-refractivity contribution in [1.29, 1.82) is 0 Å². The van der Waals surface area contributed by atoms with Gasteiger partial charge in [-0.2, -0.15) is 0 Å². The molecule has 0 radical (unpaired) electrons. The van der Waals surface area contributed by atoms with Crippen LogP contribution in [0.2, 0.25) is 0 Å². The molecule has 0 unspecified atom stereocenters. The van der Waals surface area contributed by atoms with Gasteiger partial charge in [-0.05, 0) is 50.5 Å². The molecule has 2 aromatic rings. The predicted molar refractivity (Wildman–Crippen MR) is 109 cm³/mol. The van der Waals surface area contributed by atoms with E-state index in [4.69, 9.17) is 10.5 Å². The highest BCUT2D eigenvalue weighted by Gasteiger charge is 1.92. The number of hydrogen-bond donors (Lipinski definition) is 2. The van der Waals surface area contributed by atoms with E-state index in [9.17, 15) is 9.59 Å². The van der Waals surface area contributed by atoms with Crippen molar-refractivity contribution < 1.29 is 29.9 Å². The SMILES string of the molecule is CC(=O)/C=C/c1ccc(COO)cc1.CC(C)=O.Cc1ccc(COO)cc1. The highest BCUT2D eigenvalue weighted by molar-refractivity contribution is 5.91. The summed E-state index contributed by atoms with van der Waals surface area (Å²) >= 11 is 0. The molecule has 0 fully saturated rings. The van der Waals surface area contributed by atoms with Gasteiger partial charge in [0.1, 0.15) is 19.0 Å². The Kier molecular flexibility index (Phi) is 14.0. The fourth-order valence-electron chi connectivity index (χ4n) is 1.77. The molecule has 6 nitrogen and oxygen atoms in total. The second-order valence-corrected chi connectivity index (χ2v) is 6.13. The van der Waals surface area contributed by atoms with E-state index in [0.717, 1.165) is 16.7 Å². The van der Waals surface area contributed by atoms with E-state index in [0.29, 0.717) is 0 Å². The van der Waals surface area contributed by atoms with Crippen LogP contribution in [0.1, 0.15) is 43.0 Å². The second-order valence-electron chi connectivity index (χ2n) is 6.13. The van der Waals surface area contributed by atoms with Crippen LogP contribution < -0.4 is 0 Å². The van der Waals surface area contributed by atoms with Gasteiger partial charge in [-0.25, -0.2) is 9.78 Å². The third kappa shape index (κ3) is 14.5. The lowest BCUT2D eigenvalue weighted by molar-refractivity contribution is -0.253. The number of carbonyl (C=O) groups excluding carboxylic acids is 2. The Hall–Kier alpha value is -2.64. The van der Waals surface area contributed by atoms with Crippen LogP contribution in [0.25, 0.3) is 6.08 Å². The van der Waals surface area contributed by atoms with E-state index in [1.807, 2.05) is 55.5 Å². The van der Waals surface area contributed by atoms with Crippen LogP contribution in [-0.2, 0) is 32.6 Å². The van der Waals surface area contributed by atoms with Crippen molar-refractivity contribution in [2.45, 2.75) is 40.9 Å². The molecule has 0 amide bonds. The molecule has 2 N–H and O–H groups in total. The van der Waals surface area contributed by atoms with Crippen LogP contribution >= 0.6 is 0 Å². The fourth-order valence-corrected chi connectivity index (χ4v) is 1.77. The van der Waals surface area contributed by atoms with Crippen molar-refractivity contribution in [3.05, 3.63) is 76.9 Å². The first kappa shape index (κ1) is 25.4. The predicted octanol–water partition coefficient (Wildman–Crippen LogP) is 4.86. The van der Waals surface area contributed by atoms with E-state index in [2.05, 4.69) is 9.78 Å². The van der Waals surface area contributed by atoms with Gasteiger partial charge in [0.2, 0.25) is 0 Å². The van der Waals surface area contributed by atoms with E-state index >= 15 is 0 Å². The first-order valence-corrected chi connectivity index (χ1v) is 8.61. The zero-order valence-electron chi connectivity index (χ0n) is 16.7. The largest absolute Gasteiger partial charge is 0.300 e. The number of hydrogen-bond acceptors (Lipinski definition) is 6. The Morgan fingerprint density at radius 1 is 0.821 bits per heavy atom. The molecule has 2 rings (SSSR count). The smallest absolute Gasteiger partial charge is 0.152 e. The van der Waals surface area contributed by atoms with Crippen molar-refractivity contribution in [3.8, 4) is 0 Å². The number of benzene rings is 2. The van der Waals surface area contributed by atoms with Crippen molar-refractivity contribution in [3.63, 3.8) is 0 Å². The molecule has 152 valence electrons. The second kappa shape index (κ2) is 15.4. The fraction of sp³-hybridized carbons (Fsp3) is 0.273. The summed E-state index contributed by atoms with van der Waals surface area (Å²) in [6.07, 6.45) is 3.25. The third-order valence-corrected chi connectivity index (χ3v) is 3.07. The van der Waals surface area contributed by atoms with Crippen molar-refractivity contribution >= 4 is 17.6 Å². The average molecular weight is 388 g/mol. The number of ketones is 2. The molecule has 0 saturated heterocycles. The van der Waals surface area contributed by atoms with E-state index in [1.54, 1.807) is 6.08 Å². The first-order chi connectivity index (χ1) is 13.3. The van der Waals surface area contributed by atoms with Gasteiger partial charge in [-0.3, -0.25) is 15.3 Å². The van der Waals surface area contributed by atoms with Gasteiger partial charge in [0, 0.05) is 0 Å². The van der Waals surface area contributed by atoms with Gasteiger partial charge in [-0.15, -0.1) is 0 Å². The summed E-state index contributed by atoms with van der Waals surface area (Å²) in [4.78, 5) is 28.1. The Morgan fingerprint density at radius 2 is 1.21 bits per heavy atom. The Morgan fingerprint density at radius 3 is 1.57 bits per heavy atom. The zero-order chi connectivity index (χ0) is 21.4. The van der Waals surface area contributed by atoms with Gasteiger partial charge >= 0.3 is 0 Å². The molecule has 0 aliphatic carbocycles. The number of Topliss-reactive ketones (excluding diaryl/α,β-unsaturated/α-hetero) is 1. The number of rotatable bonds is 6. The van der Waals surface area contributed by atoms with Crippen molar-refractivity contribution in [2.75, 3.05) is 0 Å². The molecular weight excluding hydrogens is 360 g/mol. The van der Waals surface area contributed by atoms with Crippen LogP contribution in [0.15, 0.2) is 54.6 Å². The normalized spacial score (nSPS) is 9.79. The molecule has 0 aromatic heterocycles. The summed E-state index contributed by atoms with van der Waals surface area (Å²) in [5, 5.41) is 16.3. The summed E-state index contributed by atoms with van der Waals surface area (Å²) in [6.45, 7) is 7.02. The van der Waals surface area contributed by atoms with Crippen LogP contribution in [-0.4, -0.2) is 22.1 Å². The van der Waals surface area contributed by atoms with Gasteiger partial charge in [0.25, 0.3) is 0 Å². The lowest BCUT2D eigenvalue weighted by Gasteiger charge is -1.98. The lowest BCUT2D eigenvalue weighted by atomic mass is 10.1. The molecular formula is C22H28O6. The van der Waals surface area contributed by atoms with E-state index < -0.39 is 0 Å². The summed E-state index contributed by atoms with van der Waals surface area (Å²) in [5.41, 5.74) is 4.02. The maximum Gasteiger partial charge on any atom is 0.152 e. The van der Waals surface area contributed by atoms with Crippen LogP contribution in [0.4, 0.5) is 0 Å². The molecule has 28 heavy (non-hydrogen) atoms. The van der Waals surface area contributed by atoms with Crippen LogP contribution in [0.3, 0.4) is 0 Å². The molecule has 0 heterocycles. The molecule has 2 aromatic carbocycles. The van der Waals surface area contributed by atoms with Crippen LogP contribution in [0.5, 0.6) is 0 Å². The van der Waals surface area contributed by atoms with E-state index in [1.165, 1.54) is 32.4 Å². The van der Waals surface area contributed by atoms with Crippen molar-refractivity contribution in [2.24, 2.45) is 0 Å². The third-order valence-electron chi connectivity index (χ3n) is 3.07. The maximum atomic E-state index is 10.6. The molecule has 0 spiro atoms. The molecule has 0 bridgehead atoms. The highest BCUT2D eigenvalue weighted by Crippen LogP contribution is 2.07. The quantitative estimate of drug-likeness (QED) is 0.417. The van der Waals surface area contributed by atoms with Gasteiger partial charge in [-0.1, -0.05) is 60.2 Å². The Labute approximate surface area is 165 Å². The number of carbonyl (C=O) groups is 2. The topological polar surface area (TPSA) is 93.1 Å². The monoisotopic (exact) mass is 388 g/mol. The number of allylic oxidation sites excluding steroid dienone is 1. The minimum atomic E-state index is 0.0211. The highest BCUT2D eigenvalue weighted by atomic mass is 17.1. The van der Waals surface area contributed by atoms with Gasteiger partial charge in [0.15, 0.2) is 5.78 Å². The molecule has 0 atom stereocenters. The Bertz CT molecular complexity index is 714. The summed E-state index contributed by atoms with van der Waals surface area (Å²) in [7, 11) is 0. The number of aryl methyl sites for hydroxylation is 1.